The van der Waals surface area contributed by atoms with Crippen LogP contribution in [0.1, 0.15) is 11.1 Å². The molecule has 1 N–H and O–H groups in total. The summed E-state index contributed by atoms with van der Waals surface area (Å²) in [5, 5.41) is 13.0. The number of non-ortho nitro benzene ring substituents is 1. The lowest BCUT2D eigenvalue weighted by Crippen LogP contribution is -2.54. The summed E-state index contributed by atoms with van der Waals surface area (Å²) in [7, 11) is 0. The minimum absolute atomic E-state index is 0.00427. The van der Waals surface area contributed by atoms with Crippen molar-refractivity contribution in [3.63, 3.8) is 0 Å². The van der Waals surface area contributed by atoms with Gasteiger partial charge in [0.05, 0.1) is 17.8 Å². The molecule has 13 heteroatoms. The Bertz CT molecular complexity index is 1520. The number of anilines is 1. The van der Waals surface area contributed by atoms with Crippen LogP contribution in [0.15, 0.2) is 60.2 Å². The van der Waals surface area contributed by atoms with Crippen molar-refractivity contribution in [2.24, 2.45) is 0 Å². The number of fused-ring (bicyclic) bond motifs is 1. The molecule has 2 aliphatic heterocycles. The van der Waals surface area contributed by atoms with E-state index in [1.54, 1.807) is 30.3 Å². The van der Waals surface area contributed by atoms with Crippen LogP contribution in [0.3, 0.4) is 0 Å². The van der Waals surface area contributed by atoms with Gasteiger partial charge in [0.15, 0.2) is 11.5 Å². The largest absolute Gasteiger partial charge is 0.487 e. The predicted octanol–water partition coefficient (Wildman–Crippen LogP) is 4.78. The highest BCUT2D eigenvalue weighted by Crippen LogP contribution is 2.37. The molecule has 0 aliphatic carbocycles. The molecule has 11 nitrogen and oxygen atoms in total. The molecule has 1 saturated heterocycles. The molecule has 0 bridgehead atoms. The number of nitrogens with one attached hydrogen (secondary N) is 1. The Morgan fingerprint density at radius 3 is 2.37 bits per heavy atom. The molecule has 3 aromatic carbocycles. The first kappa shape index (κ1) is 25.9. The molecule has 0 spiro atoms. The monoisotopic (exact) mass is 739 g/mol. The first-order valence-corrected chi connectivity index (χ1v) is 13.0. The van der Waals surface area contributed by atoms with Crippen LogP contribution in [-0.2, 0) is 16.2 Å². The van der Waals surface area contributed by atoms with Crippen molar-refractivity contribution in [3.8, 4) is 17.2 Å². The topological polar surface area (TPSA) is 137 Å². The van der Waals surface area contributed by atoms with Crippen molar-refractivity contribution in [1.29, 1.82) is 0 Å². The predicted molar refractivity (Wildman–Crippen MR) is 151 cm³/mol. The number of imide groups is 2. The van der Waals surface area contributed by atoms with E-state index >= 15 is 0 Å². The number of nitro groups is 1. The molecular formula is C25H15I2N3O8. The lowest BCUT2D eigenvalue weighted by molar-refractivity contribution is -0.384. The molecule has 3 aromatic rings. The number of barbiturate groups is 1. The molecule has 0 radical (unpaired) electrons. The fourth-order valence-electron chi connectivity index (χ4n) is 3.75. The summed E-state index contributed by atoms with van der Waals surface area (Å²) in [6.07, 6.45) is 1.41. The maximum absolute atomic E-state index is 13.2. The van der Waals surface area contributed by atoms with E-state index in [4.69, 9.17) is 14.2 Å². The molecule has 0 aromatic heterocycles. The van der Waals surface area contributed by atoms with Gasteiger partial charge in [-0.15, -0.1) is 0 Å². The van der Waals surface area contributed by atoms with Gasteiger partial charge >= 0.3 is 6.03 Å². The Labute approximate surface area is 242 Å². The van der Waals surface area contributed by atoms with Crippen molar-refractivity contribution in [3.05, 3.63) is 88.6 Å². The second-order valence-electron chi connectivity index (χ2n) is 8.02. The Hall–Kier alpha value is -3.73. The molecule has 1 fully saturated rings. The highest BCUT2D eigenvalue weighted by Gasteiger charge is 2.37. The van der Waals surface area contributed by atoms with Crippen LogP contribution in [-0.4, -0.2) is 29.6 Å². The third kappa shape index (κ3) is 5.15. The van der Waals surface area contributed by atoms with E-state index in [1.807, 2.05) is 0 Å². The highest BCUT2D eigenvalue weighted by atomic mass is 127. The van der Waals surface area contributed by atoms with Gasteiger partial charge < -0.3 is 14.2 Å². The molecular weight excluding hydrogens is 724 g/mol. The average Bonchev–Trinajstić information content (AvgIpc) is 3.34. The lowest BCUT2D eigenvalue weighted by Gasteiger charge is -2.26. The fourth-order valence-corrected chi connectivity index (χ4v) is 5.88. The highest BCUT2D eigenvalue weighted by molar-refractivity contribution is 14.1. The smallest absolute Gasteiger partial charge is 0.335 e. The summed E-state index contributed by atoms with van der Waals surface area (Å²) in [6.45, 7) is 0.228. The zero-order valence-electron chi connectivity index (χ0n) is 19.1. The average molecular weight is 739 g/mol. The number of urea groups is 1. The van der Waals surface area contributed by atoms with Crippen LogP contribution in [0.4, 0.5) is 16.2 Å². The molecule has 4 amide bonds. The quantitative estimate of drug-likeness (QED) is 0.126. The fraction of sp³-hybridized carbons (Fsp3) is 0.0800. The minimum Gasteiger partial charge on any atom is -0.487 e. The number of hydrogen-bond donors (Lipinski definition) is 1. The van der Waals surface area contributed by atoms with Gasteiger partial charge in [0.1, 0.15) is 17.9 Å². The molecule has 2 heterocycles. The number of carbonyl (C=O) groups excluding carboxylic acids is 3. The number of rotatable bonds is 6. The van der Waals surface area contributed by atoms with Gasteiger partial charge in [-0.05, 0) is 98.8 Å². The number of nitro benzene ring substituents is 1. The van der Waals surface area contributed by atoms with E-state index in [-0.39, 0.29) is 30.3 Å². The summed E-state index contributed by atoms with van der Waals surface area (Å²) in [5.74, 6) is -0.116. The van der Waals surface area contributed by atoms with Gasteiger partial charge in [0, 0.05) is 18.2 Å². The van der Waals surface area contributed by atoms with Gasteiger partial charge in [-0.25, -0.2) is 9.69 Å². The summed E-state index contributed by atoms with van der Waals surface area (Å²) in [6, 6.07) is 13.3. The Morgan fingerprint density at radius 2 is 1.68 bits per heavy atom. The molecule has 192 valence electrons. The first-order valence-electron chi connectivity index (χ1n) is 10.9. The molecule has 0 atom stereocenters. The molecule has 38 heavy (non-hydrogen) atoms. The maximum Gasteiger partial charge on any atom is 0.335 e. The molecule has 5 rings (SSSR count). The number of benzene rings is 3. The van der Waals surface area contributed by atoms with Gasteiger partial charge in [-0.1, -0.05) is 0 Å². The van der Waals surface area contributed by atoms with Crippen LogP contribution in [0.2, 0.25) is 0 Å². The SMILES string of the molecule is O=C1NC(=O)N(c2ccc3c(c2)OCO3)C(=O)/C1=C/c1cc(I)c(OCc2ccc([N+](=O)[O-])cc2)c(I)c1. The molecule has 0 unspecified atom stereocenters. The Morgan fingerprint density at radius 1 is 1.00 bits per heavy atom. The summed E-state index contributed by atoms with van der Waals surface area (Å²) < 4.78 is 18.0. The second kappa shape index (κ2) is 10.6. The van der Waals surface area contributed by atoms with Crippen LogP contribution >= 0.6 is 45.2 Å². The van der Waals surface area contributed by atoms with Crippen LogP contribution in [0.5, 0.6) is 17.2 Å². The van der Waals surface area contributed by atoms with Crippen LogP contribution in [0, 0.1) is 17.3 Å². The van der Waals surface area contributed by atoms with Crippen molar-refractivity contribution < 1.29 is 33.5 Å². The summed E-state index contributed by atoms with van der Waals surface area (Å²) >= 11 is 4.16. The zero-order chi connectivity index (χ0) is 27.0. The normalized spacial score (nSPS) is 15.6. The van der Waals surface area contributed by atoms with Crippen molar-refractivity contribution in [2.45, 2.75) is 6.61 Å². The van der Waals surface area contributed by atoms with E-state index in [0.717, 1.165) is 17.6 Å². The zero-order valence-corrected chi connectivity index (χ0v) is 23.4. The van der Waals surface area contributed by atoms with Gasteiger partial charge in [0.2, 0.25) is 6.79 Å². The van der Waals surface area contributed by atoms with E-state index in [9.17, 15) is 24.5 Å². The number of ether oxygens (including phenoxy) is 3. The minimum atomic E-state index is -0.866. The lowest BCUT2D eigenvalue weighted by atomic mass is 10.1. The van der Waals surface area contributed by atoms with Gasteiger partial charge in [-0.3, -0.25) is 25.0 Å². The third-order valence-corrected chi connectivity index (χ3v) is 7.18. The van der Waals surface area contributed by atoms with Gasteiger partial charge in [-0.2, -0.15) is 0 Å². The standard InChI is InChI=1S/C25H15I2N3O8/c26-18-8-14(9-19(27)22(18)36-11-13-1-3-15(4-2-13)30(34)35)7-17-23(31)28-25(33)29(24(17)32)16-5-6-20-21(10-16)38-12-37-20/h1-10H,11-12H2,(H,28,31,33)/b17-7+. The summed E-state index contributed by atoms with van der Waals surface area (Å²) in [4.78, 5) is 49.6. The van der Waals surface area contributed by atoms with E-state index < -0.39 is 22.8 Å². The number of carbonyl (C=O) groups is 3. The number of hydrogen-bond acceptors (Lipinski definition) is 8. The van der Waals surface area contributed by atoms with Gasteiger partial charge in [0.25, 0.3) is 17.5 Å². The Balaban J connectivity index is 1.38. The van der Waals surface area contributed by atoms with E-state index in [1.165, 1.54) is 30.3 Å². The number of amides is 4. The van der Waals surface area contributed by atoms with Crippen molar-refractivity contribution >= 4 is 80.5 Å². The van der Waals surface area contributed by atoms with Crippen LogP contribution in [0.25, 0.3) is 6.08 Å². The first-order chi connectivity index (χ1) is 18.2. The third-order valence-electron chi connectivity index (χ3n) is 5.58. The van der Waals surface area contributed by atoms with E-state index in [2.05, 4.69) is 50.5 Å². The second-order valence-corrected chi connectivity index (χ2v) is 10.3. The summed E-state index contributed by atoms with van der Waals surface area (Å²) in [5.41, 5.74) is 1.32. The van der Waals surface area contributed by atoms with Crippen LogP contribution < -0.4 is 24.4 Å². The van der Waals surface area contributed by atoms with E-state index in [0.29, 0.717) is 22.8 Å². The molecule has 2 aliphatic rings. The van der Waals surface area contributed by atoms with Crippen molar-refractivity contribution in [1.82, 2.24) is 5.32 Å². The maximum atomic E-state index is 13.2. The Kier molecular flexibility index (Phi) is 7.20. The number of halogens is 2. The molecule has 0 saturated carbocycles. The number of nitrogens with zero attached hydrogens (tertiary/aromatic N) is 2. The van der Waals surface area contributed by atoms with Crippen molar-refractivity contribution in [2.75, 3.05) is 11.7 Å².